The zero-order chi connectivity index (χ0) is 14.2. The Morgan fingerprint density at radius 3 is 3.10 bits per heavy atom. The third-order valence-corrected chi connectivity index (χ3v) is 4.35. The van der Waals surface area contributed by atoms with E-state index < -0.39 is 0 Å². The minimum atomic E-state index is 0.127. The van der Waals surface area contributed by atoms with Crippen molar-refractivity contribution in [1.29, 1.82) is 0 Å². The molecule has 2 aliphatic rings. The van der Waals surface area contributed by atoms with Gasteiger partial charge in [-0.2, -0.15) is 4.98 Å². The second-order valence-corrected chi connectivity index (χ2v) is 5.78. The number of hydrogen-bond donors (Lipinski definition) is 3. The van der Waals surface area contributed by atoms with Crippen molar-refractivity contribution in [3.8, 4) is 17.1 Å². The molecule has 3 N–H and O–H groups in total. The number of rotatable bonds is 2. The summed E-state index contributed by atoms with van der Waals surface area (Å²) in [5.74, 6) is 2.19. The minimum absolute atomic E-state index is 0.127. The lowest BCUT2D eigenvalue weighted by Gasteiger charge is -2.24. The summed E-state index contributed by atoms with van der Waals surface area (Å²) in [5.41, 5.74) is 0.739. The fourth-order valence-electron chi connectivity index (χ4n) is 3.29. The van der Waals surface area contributed by atoms with E-state index in [-0.39, 0.29) is 5.75 Å². The van der Waals surface area contributed by atoms with E-state index in [2.05, 4.69) is 30.4 Å². The number of aromatic nitrogens is 4. The zero-order valence-electron chi connectivity index (χ0n) is 11.7. The van der Waals surface area contributed by atoms with Gasteiger partial charge in [-0.15, -0.1) is 5.10 Å². The van der Waals surface area contributed by atoms with Crippen LogP contribution in [0.2, 0.25) is 0 Å². The monoisotopic (exact) mass is 286 g/mol. The fourth-order valence-corrected chi connectivity index (χ4v) is 3.29. The van der Waals surface area contributed by atoms with Gasteiger partial charge in [-0.3, -0.25) is 10.1 Å². The standard InChI is InChI=1S/C14H18N6O/c21-11-4-10(5-15-6-11)13-17-14(19-18-13)20-7-9-2-1-3-16-12(9)8-20/h4-6,9,12,16,21H,1-3,7-8H2,(H,17,18,19). The maximum atomic E-state index is 9.49. The number of fused-ring (bicyclic) bond motifs is 1. The number of piperidine rings is 1. The minimum Gasteiger partial charge on any atom is -0.506 e. The van der Waals surface area contributed by atoms with Gasteiger partial charge < -0.3 is 15.3 Å². The number of nitrogens with one attached hydrogen (secondary N) is 2. The molecule has 0 aromatic carbocycles. The summed E-state index contributed by atoms with van der Waals surface area (Å²) in [5, 5.41) is 20.3. The summed E-state index contributed by atoms with van der Waals surface area (Å²) in [6.07, 6.45) is 5.60. The Morgan fingerprint density at radius 2 is 2.24 bits per heavy atom. The van der Waals surface area contributed by atoms with Crippen molar-refractivity contribution in [1.82, 2.24) is 25.5 Å². The van der Waals surface area contributed by atoms with Gasteiger partial charge in [0, 0.05) is 30.9 Å². The second kappa shape index (κ2) is 5.00. The van der Waals surface area contributed by atoms with Crippen LogP contribution in [0, 0.1) is 5.92 Å². The average Bonchev–Trinajstić information content (AvgIpc) is 3.14. The Hall–Kier alpha value is -2.15. The summed E-state index contributed by atoms with van der Waals surface area (Å²) < 4.78 is 0. The van der Waals surface area contributed by atoms with Crippen LogP contribution in [0.3, 0.4) is 0 Å². The Balaban J connectivity index is 1.55. The number of hydrogen-bond acceptors (Lipinski definition) is 6. The van der Waals surface area contributed by atoms with Gasteiger partial charge in [0.25, 0.3) is 0 Å². The molecule has 0 spiro atoms. The molecule has 0 bridgehead atoms. The van der Waals surface area contributed by atoms with Crippen molar-refractivity contribution in [2.24, 2.45) is 5.92 Å². The largest absolute Gasteiger partial charge is 0.506 e. The van der Waals surface area contributed by atoms with Crippen LogP contribution in [0.5, 0.6) is 5.75 Å². The maximum Gasteiger partial charge on any atom is 0.245 e. The summed E-state index contributed by atoms with van der Waals surface area (Å²) in [7, 11) is 0. The molecule has 2 saturated heterocycles. The molecule has 7 heteroatoms. The predicted molar refractivity (Wildman–Crippen MR) is 78.0 cm³/mol. The summed E-state index contributed by atoms with van der Waals surface area (Å²) in [6.45, 7) is 3.08. The van der Waals surface area contributed by atoms with Crippen LogP contribution in [0.4, 0.5) is 5.95 Å². The molecule has 4 heterocycles. The molecule has 0 radical (unpaired) electrons. The van der Waals surface area contributed by atoms with E-state index in [1.54, 1.807) is 12.3 Å². The third-order valence-electron chi connectivity index (χ3n) is 4.35. The number of H-pyrrole nitrogens is 1. The third kappa shape index (κ3) is 2.33. The average molecular weight is 286 g/mol. The van der Waals surface area contributed by atoms with Gasteiger partial charge in [-0.05, 0) is 31.4 Å². The fraction of sp³-hybridized carbons (Fsp3) is 0.500. The van der Waals surface area contributed by atoms with Crippen molar-refractivity contribution in [3.05, 3.63) is 18.5 Å². The van der Waals surface area contributed by atoms with Crippen LogP contribution in [0.1, 0.15) is 12.8 Å². The van der Waals surface area contributed by atoms with Gasteiger partial charge in [0.15, 0.2) is 5.82 Å². The van der Waals surface area contributed by atoms with E-state index in [9.17, 15) is 5.11 Å². The normalized spacial score (nSPS) is 25.0. The van der Waals surface area contributed by atoms with Crippen LogP contribution in [0.15, 0.2) is 18.5 Å². The van der Waals surface area contributed by atoms with Gasteiger partial charge in [-0.25, -0.2) is 0 Å². The van der Waals surface area contributed by atoms with E-state index in [4.69, 9.17) is 0 Å². The highest BCUT2D eigenvalue weighted by molar-refractivity contribution is 5.57. The van der Waals surface area contributed by atoms with Crippen LogP contribution >= 0.6 is 0 Å². The zero-order valence-corrected chi connectivity index (χ0v) is 11.7. The number of pyridine rings is 1. The van der Waals surface area contributed by atoms with E-state index >= 15 is 0 Å². The van der Waals surface area contributed by atoms with Crippen molar-refractivity contribution in [3.63, 3.8) is 0 Å². The molecular weight excluding hydrogens is 268 g/mol. The van der Waals surface area contributed by atoms with Gasteiger partial charge in [0.2, 0.25) is 5.95 Å². The van der Waals surface area contributed by atoms with Crippen molar-refractivity contribution in [2.75, 3.05) is 24.5 Å². The molecule has 21 heavy (non-hydrogen) atoms. The molecule has 2 unspecified atom stereocenters. The lowest BCUT2D eigenvalue weighted by atomic mass is 9.94. The molecule has 2 atom stereocenters. The van der Waals surface area contributed by atoms with Crippen LogP contribution in [-0.2, 0) is 0 Å². The van der Waals surface area contributed by atoms with Crippen LogP contribution in [-0.4, -0.2) is 50.9 Å². The first-order chi connectivity index (χ1) is 10.3. The maximum absolute atomic E-state index is 9.49. The van der Waals surface area contributed by atoms with E-state index in [1.165, 1.54) is 19.0 Å². The highest BCUT2D eigenvalue weighted by Gasteiger charge is 2.35. The van der Waals surface area contributed by atoms with Gasteiger partial charge in [-0.1, -0.05) is 0 Å². The summed E-state index contributed by atoms with van der Waals surface area (Å²) in [6, 6.07) is 2.19. The van der Waals surface area contributed by atoms with E-state index in [0.29, 0.717) is 17.8 Å². The second-order valence-electron chi connectivity index (χ2n) is 5.78. The molecular formula is C14H18N6O. The predicted octanol–water partition coefficient (Wildman–Crippen LogP) is 0.760. The molecule has 0 aliphatic carbocycles. The van der Waals surface area contributed by atoms with Crippen LogP contribution in [0.25, 0.3) is 11.4 Å². The van der Waals surface area contributed by atoms with E-state index in [1.807, 2.05) is 0 Å². The van der Waals surface area contributed by atoms with Gasteiger partial charge in [0.1, 0.15) is 5.75 Å². The molecule has 7 nitrogen and oxygen atoms in total. The van der Waals surface area contributed by atoms with E-state index in [0.717, 1.165) is 31.1 Å². The SMILES string of the molecule is Oc1cncc(-c2nc(N3CC4CCCNC4C3)n[nH]2)c1. The molecule has 2 aliphatic heterocycles. The summed E-state index contributed by atoms with van der Waals surface area (Å²) >= 11 is 0. The Kier molecular flexibility index (Phi) is 2.99. The molecule has 110 valence electrons. The first kappa shape index (κ1) is 12.6. The number of nitrogens with zero attached hydrogens (tertiary/aromatic N) is 4. The first-order valence-electron chi connectivity index (χ1n) is 7.35. The number of aromatic hydroxyl groups is 1. The quantitative estimate of drug-likeness (QED) is 0.755. The molecule has 0 amide bonds. The van der Waals surface area contributed by atoms with Crippen molar-refractivity contribution < 1.29 is 5.11 Å². The Bertz CT molecular complexity index is 628. The first-order valence-corrected chi connectivity index (χ1v) is 7.35. The Morgan fingerprint density at radius 1 is 1.29 bits per heavy atom. The highest BCUT2D eigenvalue weighted by Crippen LogP contribution is 2.28. The van der Waals surface area contributed by atoms with Gasteiger partial charge in [0.05, 0.1) is 6.20 Å². The summed E-state index contributed by atoms with van der Waals surface area (Å²) in [4.78, 5) is 10.7. The molecule has 4 rings (SSSR count). The van der Waals surface area contributed by atoms with Crippen LogP contribution < -0.4 is 10.2 Å². The molecule has 2 aromatic heterocycles. The lowest BCUT2D eigenvalue weighted by molar-refractivity contribution is 0.340. The Labute approximate surface area is 122 Å². The lowest BCUT2D eigenvalue weighted by Crippen LogP contribution is -2.40. The van der Waals surface area contributed by atoms with Crippen molar-refractivity contribution in [2.45, 2.75) is 18.9 Å². The molecule has 2 fully saturated rings. The van der Waals surface area contributed by atoms with Gasteiger partial charge >= 0.3 is 0 Å². The van der Waals surface area contributed by atoms with Crippen molar-refractivity contribution >= 4 is 5.95 Å². The molecule has 2 aromatic rings. The number of anilines is 1. The molecule has 0 saturated carbocycles. The topological polar surface area (TPSA) is 90.0 Å². The smallest absolute Gasteiger partial charge is 0.245 e. The number of aromatic amines is 1. The highest BCUT2D eigenvalue weighted by atomic mass is 16.3.